The van der Waals surface area contributed by atoms with Gasteiger partial charge in [-0.2, -0.15) is 4.31 Å². The summed E-state index contributed by atoms with van der Waals surface area (Å²) in [5.74, 6) is 0.199. The van der Waals surface area contributed by atoms with Crippen LogP contribution in [0.15, 0.2) is 77.7 Å². The van der Waals surface area contributed by atoms with Crippen LogP contribution in [0.2, 0.25) is 0 Å². The van der Waals surface area contributed by atoms with Crippen molar-refractivity contribution in [3.05, 3.63) is 78.4 Å². The van der Waals surface area contributed by atoms with E-state index in [0.29, 0.717) is 43.3 Å². The van der Waals surface area contributed by atoms with E-state index in [1.54, 1.807) is 19.1 Å². The fourth-order valence-electron chi connectivity index (χ4n) is 3.60. The summed E-state index contributed by atoms with van der Waals surface area (Å²) in [5, 5.41) is 2.72. The lowest BCUT2D eigenvalue weighted by Gasteiger charge is -2.26. The summed E-state index contributed by atoms with van der Waals surface area (Å²) in [5.41, 5.74) is 3.18. The van der Waals surface area contributed by atoms with E-state index < -0.39 is 10.0 Å². The molecule has 1 heterocycles. The van der Waals surface area contributed by atoms with Gasteiger partial charge in [0.05, 0.1) is 18.1 Å². The average molecular weight is 467 g/mol. The third-order valence-corrected chi connectivity index (χ3v) is 7.43. The standard InChI is InChI=1S/C25H26N2O5S/c1-19-7-10-22(17-24(19)33(29,30)27-13-15-31-16-14-27)26-25(28)18-32-23-11-8-21(9-12-23)20-5-3-2-4-6-20/h2-12,17H,13-16,18H2,1H3,(H,26,28). The van der Waals surface area contributed by atoms with E-state index in [9.17, 15) is 13.2 Å². The Labute approximate surface area is 194 Å². The van der Waals surface area contributed by atoms with Gasteiger partial charge in [-0.3, -0.25) is 4.79 Å². The van der Waals surface area contributed by atoms with Crippen LogP contribution in [0, 0.1) is 6.92 Å². The highest BCUT2D eigenvalue weighted by atomic mass is 32.2. The third kappa shape index (κ3) is 5.60. The number of nitrogens with one attached hydrogen (secondary N) is 1. The van der Waals surface area contributed by atoms with Gasteiger partial charge in [0.1, 0.15) is 5.75 Å². The van der Waals surface area contributed by atoms with Crippen LogP contribution in [-0.2, 0) is 19.6 Å². The Hall–Kier alpha value is -3.20. The maximum absolute atomic E-state index is 13.0. The van der Waals surface area contributed by atoms with Crippen molar-refractivity contribution >= 4 is 21.6 Å². The van der Waals surface area contributed by atoms with Crippen molar-refractivity contribution in [2.45, 2.75) is 11.8 Å². The summed E-state index contributed by atoms with van der Waals surface area (Å²) >= 11 is 0. The summed E-state index contributed by atoms with van der Waals surface area (Å²) < 4.78 is 38.3. The fraction of sp³-hybridized carbons (Fsp3) is 0.240. The minimum Gasteiger partial charge on any atom is -0.484 e. The second-order valence-corrected chi connectivity index (χ2v) is 9.63. The van der Waals surface area contributed by atoms with E-state index in [1.165, 1.54) is 10.4 Å². The molecule has 7 nitrogen and oxygen atoms in total. The molecule has 0 spiro atoms. The molecule has 1 N–H and O–H groups in total. The first-order chi connectivity index (χ1) is 15.9. The van der Waals surface area contributed by atoms with Gasteiger partial charge in [0, 0.05) is 18.8 Å². The summed E-state index contributed by atoms with van der Waals surface area (Å²) in [6.45, 7) is 2.92. The van der Waals surface area contributed by atoms with Gasteiger partial charge >= 0.3 is 0 Å². The molecule has 0 aromatic heterocycles. The Morgan fingerprint density at radius 1 is 0.970 bits per heavy atom. The zero-order chi connectivity index (χ0) is 23.3. The first-order valence-electron chi connectivity index (χ1n) is 10.7. The van der Waals surface area contributed by atoms with Crippen molar-refractivity contribution in [3.8, 4) is 16.9 Å². The molecule has 0 radical (unpaired) electrons. The van der Waals surface area contributed by atoms with Gasteiger partial charge < -0.3 is 14.8 Å². The van der Waals surface area contributed by atoms with Crippen LogP contribution in [0.5, 0.6) is 5.75 Å². The fourth-order valence-corrected chi connectivity index (χ4v) is 5.26. The topological polar surface area (TPSA) is 84.9 Å². The summed E-state index contributed by atoms with van der Waals surface area (Å²) in [6, 6.07) is 22.3. The van der Waals surface area contributed by atoms with Gasteiger partial charge in [0.2, 0.25) is 10.0 Å². The molecule has 8 heteroatoms. The van der Waals surface area contributed by atoms with E-state index in [1.807, 2.05) is 54.6 Å². The molecule has 3 aromatic carbocycles. The Morgan fingerprint density at radius 3 is 2.33 bits per heavy atom. The molecule has 0 saturated carbocycles. The van der Waals surface area contributed by atoms with Crippen molar-refractivity contribution < 1.29 is 22.7 Å². The van der Waals surface area contributed by atoms with E-state index in [0.717, 1.165) is 11.1 Å². The summed E-state index contributed by atoms with van der Waals surface area (Å²) in [6.07, 6.45) is 0. The maximum atomic E-state index is 13.0. The number of sulfonamides is 1. The Morgan fingerprint density at radius 2 is 1.64 bits per heavy atom. The molecule has 4 rings (SSSR count). The number of hydrogen-bond donors (Lipinski definition) is 1. The predicted octanol–water partition coefficient (Wildman–Crippen LogP) is 3.70. The number of ether oxygens (including phenoxy) is 2. The Kier molecular flexibility index (Phi) is 7.08. The number of carbonyl (C=O) groups is 1. The quantitative estimate of drug-likeness (QED) is 0.574. The van der Waals surface area contributed by atoms with Crippen LogP contribution in [0.1, 0.15) is 5.56 Å². The highest BCUT2D eigenvalue weighted by Gasteiger charge is 2.28. The Balaban J connectivity index is 1.38. The zero-order valence-corrected chi connectivity index (χ0v) is 19.2. The number of rotatable bonds is 7. The summed E-state index contributed by atoms with van der Waals surface area (Å²) in [4.78, 5) is 12.6. The van der Waals surface area contributed by atoms with Crippen LogP contribution in [0.4, 0.5) is 5.69 Å². The number of carbonyl (C=O) groups excluding carboxylic acids is 1. The molecule has 1 fully saturated rings. The second-order valence-electron chi connectivity index (χ2n) is 7.72. The number of anilines is 1. The highest BCUT2D eigenvalue weighted by molar-refractivity contribution is 7.89. The van der Waals surface area contributed by atoms with Gasteiger partial charge in [-0.1, -0.05) is 48.5 Å². The van der Waals surface area contributed by atoms with Gasteiger partial charge in [0.15, 0.2) is 6.61 Å². The lowest BCUT2D eigenvalue weighted by molar-refractivity contribution is -0.118. The minimum atomic E-state index is -3.66. The average Bonchev–Trinajstić information content (AvgIpc) is 2.85. The molecule has 0 unspecified atom stereocenters. The molecule has 0 bridgehead atoms. The number of morpholine rings is 1. The molecule has 1 amide bonds. The number of amides is 1. The lowest BCUT2D eigenvalue weighted by atomic mass is 10.1. The van der Waals surface area contributed by atoms with Gasteiger partial charge in [0.25, 0.3) is 5.91 Å². The minimum absolute atomic E-state index is 0.180. The maximum Gasteiger partial charge on any atom is 0.262 e. The summed E-state index contributed by atoms with van der Waals surface area (Å²) in [7, 11) is -3.66. The van der Waals surface area contributed by atoms with Crippen LogP contribution in [0.3, 0.4) is 0 Å². The molecule has 1 saturated heterocycles. The van der Waals surface area contributed by atoms with Crippen molar-refractivity contribution in [1.82, 2.24) is 4.31 Å². The molecule has 33 heavy (non-hydrogen) atoms. The van der Waals surface area contributed by atoms with E-state index >= 15 is 0 Å². The second kappa shape index (κ2) is 10.2. The smallest absolute Gasteiger partial charge is 0.262 e. The van der Waals surface area contributed by atoms with Crippen LogP contribution in [0.25, 0.3) is 11.1 Å². The van der Waals surface area contributed by atoms with Crippen LogP contribution in [-0.4, -0.2) is 51.5 Å². The number of nitrogens with zero attached hydrogens (tertiary/aromatic N) is 1. The molecule has 0 aliphatic carbocycles. The number of hydrogen-bond acceptors (Lipinski definition) is 5. The predicted molar refractivity (Wildman–Crippen MR) is 127 cm³/mol. The van der Waals surface area contributed by atoms with E-state index in [4.69, 9.17) is 9.47 Å². The normalized spacial score (nSPS) is 14.6. The first-order valence-corrected chi connectivity index (χ1v) is 12.1. The highest BCUT2D eigenvalue weighted by Crippen LogP contribution is 2.25. The van der Waals surface area contributed by atoms with Gasteiger partial charge in [-0.25, -0.2) is 8.42 Å². The molecular weight excluding hydrogens is 440 g/mol. The molecule has 1 aliphatic heterocycles. The SMILES string of the molecule is Cc1ccc(NC(=O)COc2ccc(-c3ccccc3)cc2)cc1S(=O)(=O)N1CCOCC1. The third-order valence-electron chi connectivity index (χ3n) is 5.39. The van der Waals surface area contributed by atoms with Crippen molar-refractivity contribution in [2.75, 3.05) is 38.2 Å². The lowest BCUT2D eigenvalue weighted by Crippen LogP contribution is -2.40. The van der Waals surface area contributed by atoms with E-state index in [2.05, 4.69) is 5.32 Å². The first kappa shape index (κ1) is 23.0. The zero-order valence-electron chi connectivity index (χ0n) is 18.4. The molecule has 3 aromatic rings. The molecular formula is C25H26N2O5S. The Bertz CT molecular complexity index is 1210. The van der Waals surface area contributed by atoms with Gasteiger partial charge in [-0.15, -0.1) is 0 Å². The molecule has 1 aliphatic rings. The monoisotopic (exact) mass is 466 g/mol. The largest absolute Gasteiger partial charge is 0.484 e. The number of benzene rings is 3. The van der Waals surface area contributed by atoms with Crippen molar-refractivity contribution in [2.24, 2.45) is 0 Å². The number of aryl methyl sites for hydroxylation is 1. The van der Waals surface area contributed by atoms with Crippen molar-refractivity contribution in [3.63, 3.8) is 0 Å². The van der Waals surface area contributed by atoms with Crippen LogP contribution < -0.4 is 10.1 Å². The molecule has 172 valence electrons. The van der Waals surface area contributed by atoms with Crippen LogP contribution >= 0.6 is 0 Å². The molecule has 0 atom stereocenters. The van der Waals surface area contributed by atoms with Crippen molar-refractivity contribution in [1.29, 1.82) is 0 Å². The van der Waals surface area contributed by atoms with Gasteiger partial charge in [-0.05, 0) is 47.9 Å². The van der Waals surface area contributed by atoms with E-state index in [-0.39, 0.29) is 17.4 Å².